The van der Waals surface area contributed by atoms with E-state index in [1.54, 1.807) is 31.0 Å². The van der Waals surface area contributed by atoms with Gasteiger partial charge in [0, 0.05) is 42.1 Å². The van der Waals surface area contributed by atoms with Crippen molar-refractivity contribution in [1.82, 2.24) is 15.0 Å². The fraction of sp³-hybridized carbons (Fsp3) is 0. The van der Waals surface area contributed by atoms with E-state index in [2.05, 4.69) is 15.0 Å². The van der Waals surface area contributed by atoms with Gasteiger partial charge in [0.25, 0.3) is 0 Å². The molecule has 20 heavy (non-hydrogen) atoms. The highest BCUT2D eigenvalue weighted by Crippen LogP contribution is 2.26. The minimum atomic E-state index is 0.425. The summed E-state index contributed by atoms with van der Waals surface area (Å²) in [5.41, 5.74) is 4.11. The zero-order valence-corrected chi connectivity index (χ0v) is 10.6. The first kappa shape index (κ1) is 12.2. The fourth-order valence-electron chi connectivity index (χ4n) is 2.03. The second kappa shape index (κ2) is 5.40. The third-order valence-corrected chi connectivity index (χ3v) is 3.04. The average Bonchev–Trinajstić information content (AvgIpc) is 2.56. The summed E-state index contributed by atoms with van der Waals surface area (Å²) >= 11 is 0. The van der Waals surface area contributed by atoms with Crippen molar-refractivity contribution < 1.29 is 4.79 Å². The number of hydrogen-bond donors (Lipinski definition) is 0. The van der Waals surface area contributed by atoms with E-state index < -0.39 is 0 Å². The molecule has 0 saturated heterocycles. The third-order valence-electron chi connectivity index (χ3n) is 3.04. The molecule has 0 aromatic carbocycles. The maximum atomic E-state index is 11.2. The summed E-state index contributed by atoms with van der Waals surface area (Å²) in [6, 6.07) is 9.50. The van der Waals surface area contributed by atoms with Gasteiger partial charge >= 0.3 is 0 Å². The minimum Gasteiger partial charge on any atom is -0.296 e. The molecule has 3 aromatic heterocycles. The number of hydrogen-bond acceptors (Lipinski definition) is 4. The summed E-state index contributed by atoms with van der Waals surface area (Å²) in [6.07, 6.45) is 9.33. The number of rotatable bonds is 3. The van der Waals surface area contributed by atoms with E-state index in [-0.39, 0.29) is 0 Å². The number of aromatic nitrogens is 3. The molecule has 3 rings (SSSR count). The van der Waals surface area contributed by atoms with Gasteiger partial charge in [-0.25, -0.2) is 0 Å². The van der Waals surface area contributed by atoms with Crippen LogP contribution in [-0.4, -0.2) is 21.2 Å². The van der Waals surface area contributed by atoms with Crippen LogP contribution in [0.5, 0.6) is 0 Å². The molecule has 0 radical (unpaired) electrons. The SMILES string of the molecule is O=Cc1ncc(-c2ccncc2)cc1-c1ccncc1. The lowest BCUT2D eigenvalue weighted by molar-refractivity contribution is 0.111. The maximum Gasteiger partial charge on any atom is 0.169 e. The second-order valence-corrected chi connectivity index (χ2v) is 4.25. The third kappa shape index (κ3) is 2.31. The van der Waals surface area contributed by atoms with Gasteiger partial charge < -0.3 is 0 Å². The van der Waals surface area contributed by atoms with Crippen LogP contribution < -0.4 is 0 Å². The predicted octanol–water partition coefficient (Wildman–Crippen LogP) is 3.02. The number of carbonyl (C=O) groups excluding carboxylic acids is 1. The summed E-state index contributed by atoms with van der Waals surface area (Å²) in [7, 11) is 0. The van der Waals surface area contributed by atoms with E-state index in [0.29, 0.717) is 5.69 Å². The first-order valence-corrected chi connectivity index (χ1v) is 6.14. The Balaban J connectivity index is 2.16. The summed E-state index contributed by atoms with van der Waals surface area (Å²) in [5, 5.41) is 0. The zero-order valence-electron chi connectivity index (χ0n) is 10.6. The van der Waals surface area contributed by atoms with Crippen LogP contribution in [0.25, 0.3) is 22.3 Å². The molecular weight excluding hydrogens is 250 g/mol. The van der Waals surface area contributed by atoms with E-state index in [1.165, 1.54) is 0 Å². The summed E-state index contributed by atoms with van der Waals surface area (Å²) in [6.45, 7) is 0. The van der Waals surface area contributed by atoms with E-state index in [9.17, 15) is 4.79 Å². The standard InChI is InChI=1S/C16H11N3O/c20-11-16-15(13-3-7-18-8-4-13)9-14(10-19-16)12-1-5-17-6-2-12/h1-11H. The lowest BCUT2D eigenvalue weighted by Crippen LogP contribution is -1.94. The molecule has 0 spiro atoms. The summed E-state index contributed by atoms with van der Waals surface area (Å²) in [5.74, 6) is 0. The van der Waals surface area contributed by atoms with E-state index in [1.807, 2.05) is 30.3 Å². The second-order valence-electron chi connectivity index (χ2n) is 4.25. The van der Waals surface area contributed by atoms with Gasteiger partial charge in [0.1, 0.15) is 5.69 Å². The summed E-state index contributed by atoms with van der Waals surface area (Å²) < 4.78 is 0. The van der Waals surface area contributed by atoms with Crippen LogP contribution in [0, 0.1) is 0 Å². The fourth-order valence-corrected chi connectivity index (χ4v) is 2.03. The Bertz CT molecular complexity index is 727. The van der Waals surface area contributed by atoms with E-state index in [0.717, 1.165) is 28.5 Å². The van der Waals surface area contributed by atoms with Crippen molar-refractivity contribution >= 4 is 6.29 Å². The molecule has 0 aliphatic carbocycles. The van der Waals surface area contributed by atoms with Crippen molar-refractivity contribution in [3.05, 3.63) is 67.0 Å². The number of nitrogens with zero attached hydrogens (tertiary/aromatic N) is 3. The van der Waals surface area contributed by atoms with E-state index in [4.69, 9.17) is 0 Å². The Morgan fingerprint density at radius 3 is 2.00 bits per heavy atom. The highest BCUT2D eigenvalue weighted by atomic mass is 16.1. The van der Waals surface area contributed by atoms with Gasteiger partial charge in [0.15, 0.2) is 6.29 Å². The molecule has 0 unspecified atom stereocenters. The number of pyridine rings is 3. The molecule has 0 fully saturated rings. The van der Waals surface area contributed by atoms with Gasteiger partial charge in [0.2, 0.25) is 0 Å². The molecule has 0 amide bonds. The first-order valence-electron chi connectivity index (χ1n) is 6.14. The Morgan fingerprint density at radius 2 is 1.40 bits per heavy atom. The van der Waals surface area contributed by atoms with Gasteiger partial charge in [-0.15, -0.1) is 0 Å². The number of aldehydes is 1. The normalized spacial score (nSPS) is 10.2. The Labute approximate surface area is 116 Å². The Kier molecular flexibility index (Phi) is 3.29. The van der Waals surface area contributed by atoms with Crippen LogP contribution in [-0.2, 0) is 0 Å². The monoisotopic (exact) mass is 261 g/mol. The van der Waals surface area contributed by atoms with Crippen molar-refractivity contribution in [3.63, 3.8) is 0 Å². The average molecular weight is 261 g/mol. The van der Waals surface area contributed by atoms with Gasteiger partial charge in [-0.3, -0.25) is 19.7 Å². The molecule has 3 heterocycles. The number of carbonyl (C=O) groups is 1. The van der Waals surface area contributed by atoms with E-state index >= 15 is 0 Å². The summed E-state index contributed by atoms with van der Waals surface area (Å²) in [4.78, 5) is 23.4. The molecular formula is C16H11N3O. The molecule has 0 bridgehead atoms. The lowest BCUT2D eigenvalue weighted by atomic mass is 10.0. The molecule has 0 saturated carbocycles. The molecule has 96 valence electrons. The zero-order chi connectivity index (χ0) is 13.8. The molecule has 0 N–H and O–H groups in total. The van der Waals surface area contributed by atoms with Crippen LogP contribution in [0.2, 0.25) is 0 Å². The molecule has 3 aromatic rings. The van der Waals surface area contributed by atoms with Gasteiger partial charge in [-0.2, -0.15) is 0 Å². The van der Waals surface area contributed by atoms with Gasteiger partial charge in [0.05, 0.1) is 0 Å². The van der Waals surface area contributed by atoms with Crippen LogP contribution >= 0.6 is 0 Å². The first-order chi connectivity index (χ1) is 9.88. The van der Waals surface area contributed by atoms with Crippen molar-refractivity contribution in [1.29, 1.82) is 0 Å². The highest BCUT2D eigenvalue weighted by Gasteiger charge is 2.08. The topological polar surface area (TPSA) is 55.7 Å². The van der Waals surface area contributed by atoms with Crippen molar-refractivity contribution in [3.8, 4) is 22.3 Å². The predicted molar refractivity (Wildman–Crippen MR) is 76.1 cm³/mol. The van der Waals surface area contributed by atoms with Crippen LogP contribution in [0.4, 0.5) is 0 Å². The van der Waals surface area contributed by atoms with Crippen LogP contribution in [0.15, 0.2) is 61.3 Å². The molecule has 0 aliphatic rings. The van der Waals surface area contributed by atoms with Crippen molar-refractivity contribution in [2.45, 2.75) is 0 Å². The maximum absolute atomic E-state index is 11.2. The van der Waals surface area contributed by atoms with Crippen molar-refractivity contribution in [2.75, 3.05) is 0 Å². The van der Waals surface area contributed by atoms with Gasteiger partial charge in [-0.1, -0.05) is 0 Å². The van der Waals surface area contributed by atoms with Gasteiger partial charge in [-0.05, 0) is 41.5 Å². The quantitative estimate of drug-likeness (QED) is 0.680. The molecule has 4 nitrogen and oxygen atoms in total. The molecule has 0 atom stereocenters. The molecule has 0 aliphatic heterocycles. The highest BCUT2D eigenvalue weighted by molar-refractivity contribution is 5.87. The van der Waals surface area contributed by atoms with Crippen LogP contribution in [0.1, 0.15) is 10.5 Å². The minimum absolute atomic E-state index is 0.425. The largest absolute Gasteiger partial charge is 0.296 e. The van der Waals surface area contributed by atoms with Crippen LogP contribution in [0.3, 0.4) is 0 Å². The Hall–Kier alpha value is -2.88. The molecule has 4 heteroatoms. The smallest absolute Gasteiger partial charge is 0.169 e. The Morgan fingerprint density at radius 1 is 0.800 bits per heavy atom. The lowest BCUT2D eigenvalue weighted by Gasteiger charge is -2.07. The van der Waals surface area contributed by atoms with Crippen molar-refractivity contribution in [2.24, 2.45) is 0 Å².